The molecule has 0 aliphatic heterocycles. The number of carbonyl (C=O) groups is 2. The van der Waals surface area contributed by atoms with Crippen LogP contribution in [0.2, 0.25) is 0 Å². The molecule has 0 amide bonds. The lowest BCUT2D eigenvalue weighted by molar-refractivity contribution is -0.253. The molecule has 200 valence electrons. The zero-order valence-corrected chi connectivity index (χ0v) is 19.9. The van der Waals surface area contributed by atoms with Crippen molar-refractivity contribution in [3.63, 3.8) is 0 Å². The highest BCUT2D eigenvalue weighted by atomic mass is 19.3. The van der Waals surface area contributed by atoms with Crippen molar-refractivity contribution in [1.29, 1.82) is 0 Å². The minimum Gasteiger partial charge on any atom is -0.478 e. The summed E-state index contributed by atoms with van der Waals surface area (Å²) in [4.78, 5) is 24.0. The summed E-state index contributed by atoms with van der Waals surface area (Å²) in [6.07, 6.45) is -5.72. The molecule has 0 radical (unpaired) electrons. The second-order valence-corrected chi connectivity index (χ2v) is 8.28. The third-order valence-electron chi connectivity index (χ3n) is 5.25. The van der Waals surface area contributed by atoms with Crippen molar-refractivity contribution in [1.82, 2.24) is 0 Å². The summed E-state index contributed by atoms with van der Waals surface area (Å²) in [5.74, 6) is -2.29. The largest absolute Gasteiger partial charge is 0.478 e. The number of carbonyl (C=O) groups excluding carboxylic acids is 1. The minimum atomic E-state index is -4.66. The van der Waals surface area contributed by atoms with Crippen LogP contribution in [0, 0.1) is 0 Å². The monoisotopic (exact) mass is 532 g/mol. The van der Waals surface area contributed by atoms with E-state index in [-0.39, 0.29) is 16.9 Å². The fraction of sp³-hybridized carbons (Fsp3) is 0.185. The van der Waals surface area contributed by atoms with E-state index in [1.54, 1.807) is 30.3 Å². The SMILES string of the molecule is Nc1cc(N)cc(CCCC(=Cc2ccc(OC(=O)c3ccc(OC(F)(F)C(F)F)cc3)cc2)C(=O)O)c1. The van der Waals surface area contributed by atoms with Crippen LogP contribution in [0.15, 0.2) is 72.3 Å². The molecule has 0 unspecified atom stereocenters. The summed E-state index contributed by atoms with van der Waals surface area (Å²) in [6, 6.07) is 15.3. The molecule has 3 aromatic rings. The molecule has 0 spiro atoms. The molecule has 3 rings (SSSR count). The van der Waals surface area contributed by atoms with Crippen LogP contribution in [-0.4, -0.2) is 29.6 Å². The molecule has 0 bridgehead atoms. The van der Waals surface area contributed by atoms with Crippen molar-refractivity contribution in [2.75, 3.05) is 11.5 Å². The number of nitrogens with two attached hydrogens (primary N) is 2. The molecule has 0 heterocycles. The maximum Gasteiger partial charge on any atom is 0.461 e. The Labute approximate surface area is 215 Å². The van der Waals surface area contributed by atoms with Crippen LogP contribution < -0.4 is 20.9 Å². The number of carboxylic acids is 1. The van der Waals surface area contributed by atoms with Gasteiger partial charge in [0.15, 0.2) is 0 Å². The second kappa shape index (κ2) is 12.1. The molecular weight excluding hydrogens is 508 g/mol. The van der Waals surface area contributed by atoms with Gasteiger partial charge in [0.1, 0.15) is 11.5 Å². The number of alkyl halides is 4. The quantitative estimate of drug-likeness (QED) is 0.0937. The highest BCUT2D eigenvalue weighted by Crippen LogP contribution is 2.28. The summed E-state index contributed by atoms with van der Waals surface area (Å²) in [7, 11) is 0. The third-order valence-corrected chi connectivity index (χ3v) is 5.25. The van der Waals surface area contributed by atoms with Gasteiger partial charge in [-0.1, -0.05) is 12.1 Å². The van der Waals surface area contributed by atoms with E-state index in [9.17, 15) is 32.3 Å². The van der Waals surface area contributed by atoms with Crippen molar-refractivity contribution in [2.45, 2.75) is 31.8 Å². The first-order valence-electron chi connectivity index (χ1n) is 11.3. The standard InChI is InChI=1S/C27H24F4N2O5/c28-26(29)27(30,31)38-23-10-6-18(7-11-23)25(36)37-22-8-4-16(5-9-22)12-19(24(34)35)3-1-2-17-13-20(32)15-21(33)14-17/h4-15,26H,1-3,32-33H2,(H,34,35). The van der Waals surface area contributed by atoms with E-state index in [1.165, 1.54) is 18.2 Å². The molecular formula is C27H24F4N2O5. The number of aryl methyl sites for hydroxylation is 1. The number of esters is 1. The maximum atomic E-state index is 13.0. The molecule has 0 aromatic heterocycles. The molecule has 0 aliphatic carbocycles. The first-order chi connectivity index (χ1) is 17.9. The number of rotatable bonds is 11. The number of benzene rings is 3. The molecule has 0 saturated carbocycles. The van der Waals surface area contributed by atoms with Gasteiger partial charge in [-0.15, -0.1) is 0 Å². The van der Waals surface area contributed by atoms with E-state index < -0.39 is 30.2 Å². The topological polar surface area (TPSA) is 125 Å². The number of aliphatic carboxylic acids is 1. The van der Waals surface area contributed by atoms with Crippen LogP contribution in [0.3, 0.4) is 0 Å². The average molecular weight is 532 g/mol. The van der Waals surface area contributed by atoms with Gasteiger partial charge >= 0.3 is 24.5 Å². The smallest absolute Gasteiger partial charge is 0.461 e. The zero-order valence-electron chi connectivity index (χ0n) is 19.9. The first kappa shape index (κ1) is 28.0. The first-order valence-corrected chi connectivity index (χ1v) is 11.3. The Morgan fingerprint density at radius 1 is 0.921 bits per heavy atom. The van der Waals surface area contributed by atoms with Crippen molar-refractivity contribution in [2.24, 2.45) is 0 Å². The van der Waals surface area contributed by atoms with Crippen molar-refractivity contribution in [3.05, 3.63) is 89.0 Å². The van der Waals surface area contributed by atoms with Gasteiger partial charge in [0.2, 0.25) is 0 Å². The van der Waals surface area contributed by atoms with Gasteiger partial charge in [-0.25, -0.2) is 9.59 Å². The Kier molecular flexibility index (Phi) is 8.95. The molecule has 38 heavy (non-hydrogen) atoms. The van der Waals surface area contributed by atoms with E-state index in [0.29, 0.717) is 36.2 Å². The zero-order chi connectivity index (χ0) is 27.9. The van der Waals surface area contributed by atoms with Crippen LogP contribution in [0.5, 0.6) is 11.5 Å². The summed E-state index contributed by atoms with van der Waals surface area (Å²) in [6.45, 7) is 0. The van der Waals surface area contributed by atoms with E-state index in [0.717, 1.165) is 29.8 Å². The summed E-state index contributed by atoms with van der Waals surface area (Å²) < 4.78 is 59.6. The minimum absolute atomic E-state index is 0.0308. The molecule has 0 saturated heterocycles. The van der Waals surface area contributed by atoms with E-state index in [1.807, 2.05) is 0 Å². The molecule has 7 nitrogen and oxygen atoms in total. The third kappa shape index (κ3) is 7.99. The van der Waals surface area contributed by atoms with Crippen molar-refractivity contribution >= 4 is 29.4 Å². The molecule has 5 N–H and O–H groups in total. The Hall–Kier alpha value is -4.54. The summed E-state index contributed by atoms with van der Waals surface area (Å²) in [5.41, 5.74) is 14.3. The fourth-order valence-corrected chi connectivity index (χ4v) is 3.47. The molecule has 11 heteroatoms. The molecule has 3 aromatic carbocycles. The normalized spacial score (nSPS) is 11.9. The Bertz CT molecular complexity index is 1290. The number of carboxylic acid groups (broad SMARTS) is 1. The molecule has 0 aliphatic rings. The molecule has 0 atom stereocenters. The van der Waals surface area contributed by atoms with E-state index >= 15 is 0 Å². The van der Waals surface area contributed by atoms with Gasteiger partial charge in [0, 0.05) is 16.9 Å². The lowest BCUT2D eigenvalue weighted by atomic mass is 10.0. The van der Waals surface area contributed by atoms with Crippen LogP contribution in [0.1, 0.15) is 34.3 Å². The van der Waals surface area contributed by atoms with Gasteiger partial charge in [-0.05, 0) is 91.1 Å². The average Bonchev–Trinajstić information content (AvgIpc) is 2.84. The Balaban J connectivity index is 1.59. The lowest BCUT2D eigenvalue weighted by Crippen LogP contribution is -2.33. The maximum absolute atomic E-state index is 13.0. The van der Waals surface area contributed by atoms with Crippen LogP contribution in [-0.2, 0) is 11.2 Å². The predicted octanol–water partition coefficient (Wildman–Crippen LogP) is 5.80. The number of hydrogen-bond acceptors (Lipinski definition) is 6. The van der Waals surface area contributed by atoms with Gasteiger partial charge in [-0.3, -0.25) is 0 Å². The van der Waals surface area contributed by atoms with Crippen LogP contribution in [0.25, 0.3) is 6.08 Å². The Morgan fingerprint density at radius 3 is 2.05 bits per heavy atom. The number of hydrogen-bond donors (Lipinski definition) is 3. The highest BCUT2D eigenvalue weighted by molar-refractivity contribution is 5.92. The fourth-order valence-electron chi connectivity index (χ4n) is 3.47. The van der Waals surface area contributed by atoms with Crippen LogP contribution >= 0.6 is 0 Å². The van der Waals surface area contributed by atoms with Crippen molar-refractivity contribution in [3.8, 4) is 11.5 Å². The lowest BCUT2D eigenvalue weighted by Gasteiger charge is -2.16. The predicted molar refractivity (Wildman–Crippen MR) is 133 cm³/mol. The van der Waals surface area contributed by atoms with Crippen molar-refractivity contribution < 1.29 is 41.7 Å². The van der Waals surface area contributed by atoms with Gasteiger partial charge < -0.3 is 26.0 Å². The van der Waals surface area contributed by atoms with Gasteiger partial charge in [0.05, 0.1) is 5.56 Å². The van der Waals surface area contributed by atoms with E-state index in [4.69, 9.17) is 16.2 Å². The molecule has 0 fully saturated rings. The number of ether oxygens (including phenoxy) is 2. The number of anilines is 2. The van der Waals surface area contributed by atoms with Gasteiger partial charge in [-0.2, -0.15) is 17.6 Å². The number of nitrogen functional groups attached to an aromatic ring is 2. The second-order valence-electron chi connectivity index (χ2n) is 8.28. The summed E-state index contributed by atoms with van der Waals surface area (Å²) in [5, 5.41) is 9.56. The Morgan fingerprint density at radius 2 is 1.50 bits per heavy atom. The number of halogens is 4. The highest BCUT2D eigenvalue weighted by Gasteiger charge is 2.43. The van der Waals surface area contributed by atoms with E-state index in [2.05, 4.69) is 4.74 Å². The van der Waals surface area contributed by atoms with Gasteiger partial charge in [0.25, 0.3) is 0 Å². The van der Waals surface area contributed by atoms with Crippen LogP contribution in [0.4, 0.5) is 28.9 Å². The summed E-state index contributed by atoms with van der Waals surface area (Å²) >= 11 is 0.